The van der Waals surface area contributed by atoms with Gasteiger partial charge in [-0.25, -0.2) is 0 Å². The Bertz CT molecular complexity index is 1510. The van der Waals surface area contributed by atoms with Crippen molar-refractivity contribution in [3.05, 3.63) is 130 Å². The molecule has 4 aromatic rings. The maximum absolute atomic E-state index is 3.38. The molecular formula is C34H36Cl2GeZr. The number of hydrogen-bond acceptors (Lipinski definition) is 0. The van der Waals surface area contributed by atoms with Crippen LogP contribution in [0.2, 0.25) is 9.26 Å². The molecule has 0 aromatic heterocycles. The van der Waals surface area contributed by atoms with Crippen molar-refractivity contribution in [3.63, 3.8) is 0 Å². The van der Waals surface area contributed by atoms with Gasteiger partial charge in [0.15, 0.2) is 0 Å². The summed E-state index contributed by atoms with van der Waals surface area (Å²) in [6.07, 6.45) is 5.04. The smallest absolute Gasteiger partial charge is 0.147 e. The number of allylic oxidation sites excluding steroid dienone is 2. The van der Waals surface area contributed by atoms with E-state index in [1.807, 2.05) is 0 Å². The first-order valence-corrected chi connectivity index (χ1v) is 31.3. The summed E-state index contributed by atoms with van der Waals surface area (Å²) < 4.78 is 6.70. The summed E-state index contributed by atoms with van der Waals surface area (Å²) in [5.41, 5.74) is 14.6. The average molecular weight is 679 g/mol. The van der Waals surface area contributed by atoms with E-state index in [0.29, 0.717) is 7.25 Å². The molecule has 0 saturated carbocycles. The summed E-state index contributed by atoms with van der Waals surface area (Å²) in [6.45, 7) is 4.81. The van der Waals surface area contributed by atoms with E-state index in [9.17, 15) is 0 Å². The Labute approximate surface area is 245 Å². The van der Waals surface area contributed by atoms with E-state index >= 15 is 0 Å². The predicted octanol–water partition coefficient (Wildman–Crippen LogP) is 9.81. The molecule has 0 radical (unpaired) electrons. The van der Waals surface area contributed by atoms with Gasteiger partial charge in [0.25, 0.3) is 0 Å². The second-order valence-corrected chi connectivity index (χ2v) is 56.9. The Morgan fingerprint density at radius 3 is 1.26 bits per heavy atom. The number of benzene rings is 4. The normalized spacial score (nSPS) is 17.9. The summed E-state index contributed by atoms with van der Waals surface area (Å²) in [5, 5.41) is 0. The fraction of sp³-hybridized carbons (Fsp3) is 0.176. The van der Waals surface area contributed by atoms with E-state index in [2.05, 4.69) is 132 Å². The maximum Gasteiger partial charge on any atom is -0.147 e. The van der Waals surface area contributed by atoms with E-state index in [4.69, 9.17) is 0 Å². The van der Waals surface area contributed by atoms with Crippen molar-refractivity contribution in [2.24, 2.45) is 0 Å². The molecule has 0 spiro atoms. The Morgan fingerprint density at radius 1 is 0.526 bits per heavy atom. The number of halogens is 2. The zero-order valence-electron chi connectivity index (χ0n) is 22.6. The van der Waals surface area contributed by atoms with Crippen LogP contribution in [0.4, 0.5) is 0 Å². The minimum Gasteiger partial charge on any atom is -0.147 e. The fourth-order valence-corrected chi connectivity index (χ4v) is 35.8. The zero-order chi connectivity index (χ0) is 25.1. The molecule has 0 bridgehead atoms. The van der Waals surface area contributed by atoms with Gasteiger partial charge in [-0.2, -0.15) is 0 Å². The second-order valence-electron chi connectivity index (χ2n) is 11.9. The number of rotatable bonds is 4. The maximum atomic E-state index is 2.76. The van der Waals surface area contributed by atoms with Crippen LogP contribution in [-0.4, -0.2) is 12.1 Å². The summed E-state index contributed by atoms with van der Waals surface area (Å²) in [4.78, 5) is 0. The molecule has 0 fully saturated rings. The summed E-state index contributed by atoms with van der Waals surface area (Å²) in [5.74, 6) is 0. The van der Waals surface area contributed by atoms with Crippen molar-refractivity contribution in [3.8, 4) is 22.3 Å². The van der Waals surface area contributed by atoms with Crippen LogP contribution in [-0.2, 0) is 15.7 Å². The molecule has 2 aliphatic carbocycles. The second kappa shape index (κ2) is 10.7. The molecule has 0 amide bonds. The van der Waals surface area contributed by atoms with Gasteiger partial charge < -0.3 is 0 Å². The molecule has 0 nitrogen and oxygen atoms in total. The first-order valence-electron chi connectivity index (χ1n) is 13.0. The zero-order valence-corrected chi connectivity index (χ0v) is 29.6. The first kappa shape index (κ1) is 29.4. The van der Waals surface area contributed by atoms with Crippen molar-refractivity contribution >= 4 is 49.1 Å². The van der Waals surface area contributed by atoms with Crippen molar-refractivity contribution < 1.29 is 15.7 Å². The Balaban J connectivity index is 0.00000168. The number of fused-ring (bicyclic) bond motifs is 2. The molecule has 38 heavy (non-hydrogen) atoms. The monoisotopic (exact) mass is 678 g/mol. The van der Waals surface area contributed by atoms with Crippen LogP contribution < -0.4 is 0 Å². The molecule has 2 aliphatic rings. The molecule has 194 valence electrons. The van der Waals surface area contributed by atoms with Gasteiger partial charge in [0.05, 0.1) is 0 Å². The summed E-state index contributed by atoms with van der Waals surface area (Å²) >= 11 is -1.97. The molecule has 0 heterocycles. The Kier molecular flexibility index (Phi) is 8.29. The first-order chi connectivity index (χ1) is 17.2. The van der Waals surface area contributed by atoms with Crippen LogP contribution in [0.1, 0.15) is 43.4 Å². The van der Waals surface area contributed by atoms with Gasteiger partial charge in [0.2, 0.25) is 0 Å². The quantitative estimate of drug-likeness (QED) is 0.189. The van der Waals surface area contributed by atoms with Crippen molar-refractivity contribution in [2.45, 2.75) is 30.4 Å². The van der Waals surface area contributed by atoms with Gasteiger partial charge >= 0.3 is 223 Å². The van der Waals surface area contributed by atoms with E-state index in [1.54, 1.807) is 22.3 Å². The van der Waals surface area contributed by atoms with E-state index in [-0.39, 0.29) is 24.8 Å². The average Bonchev–Trinajstić information content (AvgIpc) is 3.41. The summed E-state index contributed by atoms with van der Waals surface area (Å²) in [6, 6.07) is 35.9. The molecular weight excluding hydrogens is 643 g/mol. The summed E-state index contributed by atoms with van der Waals surface area (Å²) in [7, 11) is 0. The van der Waals surface area contributed by atoms with Crippen LogP contribution in [0.5, 0.6) is 0 Å². The Hall–Kier alpha value is -1.63. The molecule has 2 atom stereocenters. The third-order valence-corrected chi connectivity index (χ3v) is 31.8. The van der Waals surface area contributed by atoms with E-state index in [0.717, 1.165) is 0 Å². The van der Waals surface area contributed by atoms with Gasteiger partial charge in [-0.15, -0.1) is 24.8 Å². The van der Waals surface area contributed by atoms with Gasteiger partial charge in [0.1, 0.15) is 0 Å². The standard InChI is InChI=1S/2C16H13.2CH3.2ClH.GeH2.Zr/c2*1-12-10-14-8-5-9-15(16(14)11-12)13-6-3-2-4-7-13;;;;;;/h2*2-11H,1H3;2*1H3;2*1H;1H2;. The van der Waals surface area contributed by atoms with E-state index < -0.39 is 15.7 Å². The molecule has 0 saturated heterocycles. The van der Waals surface area contributed by atoms with Crippen LogP contribution in [0.3, 0.4) is 0 Å². The van der Waals surface area contributed by atoms with Gasteiger partial charge in [-0.3, -0.25) is 0 Å². The topological polar surface area (TPSA) is 0 Å². The van der Waals surface area contributed by atoms with Crippen LogP contribution in [0.25, 0.3) is 34.4 Å². The van der Waals surface area contributed by atoms with Crippen molar-refractivity contribution in [2.75, 3.05) is 0 Å². The SMILES string of the molecule is CC1=Cc2c(-c3ccccc3)cccc2[CH]1[Zr]([CH3])([CH3])(=[GeH2])[CH]1C(C)=Cc2c(-c3ccccc3)cccc21.Cl.Cl. The van der Waals surface area contributed by atoms with E-state index in [1.165, 1.54) is 45.5 Å². The minimum absolute atomic E-state index is 0. The molecule has 2 unspecified atom stereocenters. The van der Waals surface area contributed by atoms with Crippen molar-refractivity contribution in [1.29, 1.82) is 0 Å². The third-order valence-electron chi connectivity index (χ3n) is 8.62. The van der Waals surface area contributed by atoms with Crippen molar-refractivity contribution in [1.82, 2.24) is 0 Å². The van der Waals surface area contributed by atoms with Crippen LogP contribution in [0.15, 0.2) is 108 Å². The molecule has 0 aliphatic heterocycles. The molecule has 4 aromatic carbocycles. The largest absolute Gasteiger partial charge is 0.147 e. The minimum atomic E-state index is -3.38. The van der Waals surface area contributed by atoms with Crippen LogP contribution >= 0.6 is 24.8 Å². The molecule has 0 N–H and O–H groups in total. The van der Waals surface area contributed by atoms with Gasteiger partial charge in [0, 0.05) is 0 Å². The van der Waals surface area contributed by atoms with Crippen LogP contribution in [0, 0.1) is 0 Å². The van der Waals surface area contributed by atoms with Gasteiger partial charge in [-0.05, 0) is 0 Å². The van der Waals surface area contributed by atoms with Gasteiger partial charge in [-0.1, -0.05) is 0 Å². The fourth-order valence-electron chi connectivity index (χ4n) is 7.53. The predicted molar refractivity (Wildman–Crippen MR) is 171 cm³/mol. The molecule has 4 heteroatoms. The third kappa shape index (κ3) is 4.69. The molecule has 6 rings (SSSR count). The Morgan fingerprint density at radius 2 is 0.895 bits per heavy atom. The number of hydrogen-bond donors (Lipinski definition) is 0.